The van der Waals surface area contributed by atoms with Crippen LogP contribution in [0.15, 0.2) is 48.5 Å². The van der Waals surface area contributed by atoms with Gasteiger partial charge in [0.2, 0.25) is 11.8 Å². The van der Waals surface area contributed by atoms with Crippen molar-refractivity contribution in [3.05, 3.63) is 70.8 Å². The molecule has 2 aromatic rings. The highest BCUT2D eigenvalue weighted by molar-refractivity contribution is 5.86. The van der Waals surface area contributed by atoms with Gasteiger partial charge in [0.05, 0.1) is 12.6 Å². The van der Waals surface area contributed by atoms with E-state index in [0.717, 1.165) is 19.4 Å². The van der Waals surface area contributed by atoms with Crippen LogP contribution >= 0.6 is 0 Å². The number of aryl methyl sites for hydroxylation is 1. The van der Waals surface area contributed by atoms with E-state index in [4.69, 9.17) is 0 Å². The Morgan fingerprint density at radius 2 is 1.83 bits per heavy atom. The quantitative estimate of drug-likeness (QED) is 0.791. The lowest BCUT2D eigenvalue weighted by molar-refractivity contribution is -0.149. The molecule has 1 atom stereocenters. The van der Waals surface area contributed by atoms with E-state index in [0.29, 0.717) is 13.0 Å². The van der Waals surface area contributed by atoms with Gasteiger partial charge in [-0.25, -0.2) is 0 Å². The molecule has 1 saturated heterocycles. The average molecular weight is 391 g/mol. The Hall–Kier alpha value is -2.62. The summed E-state index contributed by atoms with van der Waals surface area (Å²) in [5, 5.41) is 0. The molecule has 4 heteroatoms. The maximum absolute atomic E-state index is 13.0. The Morgan fingerprint density at radius 3 is 2.59 bits per heavy atom. The van der Waals surface area contributed by atoms with Crippen LogP contribution in [0.2, 0.25) is 0 Å². The highest BCUT2D eigenvalue weighted by Crippen LogP contribution is 2.34. The predicted molar refractivity (Wildman–Crippen MR) is 115 cm³/mol. The molecule has 4 rings (SSSR count). The zero-order valence-electron chi connectivity index (χ0n) is 17.6. The molecule has 152 valence electrons. The topological polar surface area (TPSA) is 40.6 Å². The first-order chi connectivity index (χ1) is 13.8. The van der Waals surface area contributed by atoms with Crippen molar-refractivity contribution in [3.63, 3.8) is 0 Å². The fourth-order valence-electron chi connectivity index (χ4n) is 4.59. The molecule has 2 aliphatic heterocycles. The fraction of sp³-hybridized carbons (Fsp3) is 0.440. The van der Waals surface area contributed by atoms with Crippen LogP contribution in [-0.4, -0.2) is 41.2 Å². The van der Waals surface area contributed by atoms with E-state index in [1.54, 1.807) is 4.90 Å². The number of nitrogens with zero attached hydrogens (tertiary/aromatic N) is 2. The van der Waals surface area contributed by atoms with Crippen molar-refractivity contribution in [2.24, 2.45) is 0 Å². The molecule has 29 heavy (non-hydrogen) atoms. The number of carbonyl (C=O) groups excluding carboxylic acids is 2. The van der Waals surface area contributed by atoms with Crippen LogP contribution < -0.4 is 0 Å². The molecule has 2 amide bonds. The fourth-order valence-corrected chi connectivity index (χ4v) is 4.59. The van der Waals surface area contributed by atoms with Crippen LogP contribution in [0.3, 0.4) is 0 Å². The molecular weight excluding hydrogens is 360 g/mol. The van der Waals surface area contributed by atoms with Crippen molar-refractivity contribution < 1.29 is 9.59 Å². The van der Waals surface area contributed by atoms with E-state index >= 15 is 0 Å². The summed E-state index contributed by atoms with van der Waals surface area (Å²) in [6.45, 7) is 8.02. The van der Waals surface area contributed by atoms with Crippen LogP contribution in [-0.2, 0) is 21.4 Å². The van der Waals surface area contributed by atoms with Crippen LogP contribution in [0.4, 0.5) is 0 Å². The Morgan fingerprint density at radius 1 is 1.10 bits per heavy atom. The van der Waals surface area contributed by atoms with Crippen molar-refractivity contribution in [2.45, 2.75) is 51.5 Å². The zero-order chi connectivity index (χ0) is 20.6. The van der Waals surface area contributed by atoms with Gasteiger partial charge in [-0.2, -0.15) is 0 Å². The second-order valence-corrected chi connectivity index (χ2v) is 9.08. The van der Waals surface area contributed by atoms with Gasteiger partial charge in [-0.15, -0.1) is 0 Å². The number of benzene rings is 2. The van der Waals surface area contributed by atoms with Crippen molar-refractivity contribution in [1.29, 1.82) is 0 Å². The Labute approximate surface area is 173 Å². The third-order valence-electron chi connectivity index (χ3n) is 6.60. The number of amides is 2. The summed E-state index contributed by atoms with van der Waals surface area (Å²) >= 11 is 0. The minimum absolute atomic E-state index is 0.00439. The molecule has 2 aromatic carbocycles. The molecule has 0 bridgehead atoms. The van der Waals surface area contributed by atoms with E-state index < -0.39 is 0 Å². The normalized spacial score (nSPS) is 19.0. The molecule has 0 radical (unpaired) electrons. The molecule has 1 unspecified atom stereocenters. The molecule has 0 spiro atoms. The van der Waals surface area contributed by atoms with Gasteiger partial charge in [0, 0.05) is 19.5 Å². The third kappa shape index (κ3) is 3.93. The minimum atomic E-state index is -0.0768. The number of carbonyl (C=O) groups is 2. The average Bonchev–Trinajstić information content (AvgIpc) is 2.72. The Kier molecular flexibility index (Phi) is 5.20. The van der Waals surface area contributed by atoms with Crippen LogP contribution in [0.25, 0.3) is 0 Å². The molecule has 2 aliphatic rings. The van der Waals surface area contributed by atoms with Gasteiger partial charge >= 0.3 is 0 Å². The lowest BCUT2D eigenvalue weighted by atomic mass is 9.80. The van der Waals surface area contributed by atoms with Gasteiger partial charge in [-0.1, -0.05) is 67.9 Å². The van der Waals surface area contributed by atoms with Crippen LogP contribution in [0.5, 0.6) is 0 Å². The highest BCUT2D eigenvalue weighted by atomic mass is 16.2. The van der Waals surface area contributed by atoms with Crippen LogP contribution in [0.1, 0.15) is 55.0 Å². The molecule has 0 aromatic heterocycles. The molecule has 2 heterocycles. The van der Waals surface area contributed by atoms with E-state index in [1.807, 2.05) is 11.0 Å². The number of hydrogen-bond acceptors (Lipinski definition) is 2. The first-order valence-corrected chi connectivity index (χ1v) is 10.6. The van der Waals surface area contributed by atoms with Crippen LogP contribution in [0, 0.1) is 6.92 Å². The third-order valence-corrected chi connectivity index (χ3v) is 6.60. The first kappa shape index (κ1) is 19.7. The Balaban J connectivity index is 1.44. The summed E-state index contributed by atoms with van der Waals surface area (Å²) in [4.78, 5) is 29.5. The van der Waals surface area contributed by atoms with E-state index in [-0.39, 0.29) is 29.8 Å². The predicted octanol–water partition coefficient (Wildman–Crippen LogP) is 4.02. The molecular formula is C25H30N2O2. The van der Waals surface area contributed by atoms with E-state index in [1.165, 1.54) is 22.3 Å². The highest BCUT2D eigenvalue weighted by Gasteiger charge is 2.38. The molecule has 0 N–H and O–H groups in total. The van der Waals surface area contributed by atoms with Gasteiger partial charge in [0.25, 0.3) is 0 Å². The summed E-state index contributed by atoms with van der Waals surface area (Å²) in [5.41, 5.74) is 4.91. The monoisotopic (exact) mass is 390 g/mol. The minimum Gasteiger partial charge on any atom is -0.332 e. The Bertz CT molecular complexity index is 917. The van der Waals surface area contributed by atoms with Crippen molar-refractivity contribution in [1.82, 2.24) is 9.80 Å². The largest absolute Gasteiger partial charge is 0.332 e. The van der Waals surface area contributed by atoms with E-state index in [9.17, 15) is 9.59 Å². The van der Waals surface area contributed by atoms with Crippen molar-refractivity contribution in [2.75, 3.05) is 19.6 Å². The lowest BCUT2D eigenvalue weighted by Gasteiger charge is -2.44. The summed E-state index contributed by atoms with van der Waals surface area (Å²) in [5.74, 6) is 0.156. The summed E-state index contributed by atoms with van der Waals surface area (Å²) in [6.07, 6.45) is 2.13. The zero-order valence-corrected chi connectivity index (χ0v) is 17.6. The molecule has 4 nitrogen and oxygen atoms in total. The maximum Gasteiger partial charge on any atom is 0.242 e. The number of rotatable bonds is 4. The molecule has 0 aliphatic carbocycles. The summed E-state index contributed by atoms with van der Waals surface area (Å²) in [7, 11) is 0. The van der Waals surface area contributed by atoms with Gasteiger partial charge in [0.15, 0.2) is 0 Å². The van der Waals surface area contributed by atoms with Crippen molar-refractivity contribution in [3.8, 4) is 0 Å². The summed E-state index contributed by atoms with van der Waals surface area (Å²) < 4.78 is 0. The van der Waals surface area contributed by atoms with Gasteiger partial charge < -0.3 is 9.80 Å². The number of fused-ring (bicyclic) bond motifs is 3. The smallest absolute Gasteiger partial charge is 0.242 e. The number of hydrogen-bond donors (Lipinski definition) is 0. The second kappa shape index (κ2) is 7.66. The van der Waals surface area contributed by atoms with Crippen molar-refractivity contribution >= 4 is 11.8 Å². The molecule has 0 saturated carbocycles. The van der Waals surface area contributed by atoms with Gasteiger partial charge in [-0.05, 0) is 41.9 Å². The van der Waals surface area contributed by atoms with Gasteiger partial charge in [-0.3, -0.25) is 9.59 Å². The lowest BCUT2D eigenvalue weighted by Crippen LogP contribution is -2.55. The second-order valence-electron chi connectivity index (χ2n) is 9.08. The standard InChI is InChI=1S/C25H30N2O2/c1-18-8-10-20(11-9-18)25(2,3)14-12-23(28)26-16-22-21-7-5-4-6-19(21)13-15-27(22)24(29)17-26/h4-11,22H,12-17H2,1-3H3. The maximum atomic E-state index is 13.0. The molecule has 1 fully saturated rings. The summed E-state index contributed by atoms with van der Waals surface area (Å²) in [6, 6.07) is 16.9. The SMILES string of the molecule is Cc1ccc(C(C)(C)CCC(=O)N2CC(=O)N3CCc4ccccc4C3C2)cc1. The number of piperazine rings is 1. The van der Waals surface area contributed by atoms with Gasteiger partial charge in [0.1, 0.15) is 0 Å². The first-order valence-electron chi connectivity index (χ1n) is 10.6. The van der Waals surface area contributed by atoms with E-state index in [2.05, 4.69) is 63.2 Å².